The van der Waals surface area contributed by atoms with Crippen LogP contribution in [0.2, 0.25) is 5.02 Å². The number of aryl methyl sites for hydroxylation is 1. The molecule has 7 heteroatoms. The molecule has 0 aromatic heterocycles. The predicted molar refractivity (Wildman–Crippen MR) is 90.9 cm³/mol. The summed E-state index contributed by atoms with van der Waals surface area (Å²) in [6.07, 6.45) is 3.39. The summed E-state index contributed by atoms with van der Waals surface area (Å²) in [6, 6.07) is 5.11. The lowest BCUT2D eigenvalue weighted by Crippen LogP contribution is -2.38. The van der Waals surface area contributed by atoms with Crippen molar-refractivity contribution in [3.63, 3.8) is 0 Å². The van der Waals surface area contributed by atoms with Crippen LogP contribution in [0.5, 0.6) is 0 Å². The van der Waals surface area contributed by atoms with Crippen molar-refractivity contribution in [2.24, 2.45) is 0 Å². The van der Waals surface area contributed by atoms with Crippen molar-refractivity contribution < 1.29 is 13.2 Å². The summed E-state index contributed by atoms with van der Waals surface area (Å²) in [5.74, 6) is -0.0573. The molecule has 1 amide bonds. The van der Waals surface area contributed by atoms with E-state index in [2.05, 4.69) is 5.32 Å². The number of hydrogen-bond acceptors (Lipinski definition) is 3. The van der Waals surface area contributed by atoms with E-state index < -0.39 is 10.0 Å². The van der Waals surface area contributed by atoms with Gasteiger partial charge in [0.25, 0.3) is 0 Å². The standard InChI is InChI=1S/C15H23ClN2O3S/c1-4-5-6-15(19)17-9-10-18(22(3,20)21)14-11-13(16)8-7-12(14)2/h7-8,11H,4-6,9-10H2,1-3H3,(H,17,19). The molecule has 1 rings (SSSR count). The average molecular weight is 347 g/mol. The number of halogens is 1. The number of benzene rings is 1. The van der Waals surface area contributed by atoms with Gasteiger partial charge in [-0.25, -0.2) is 8.42 Å². The van der Waals surface area contributed by atoms with Gasteiger partial charge in [0.05, 0.1) is 18.5 Å². The molecule has 0 spiro atoms. The Bertz CT molecular complexity index is 617. The Morgan fingerprint density at radius 3 is 2.64 bits per heavy atom. The van der Waals surface area contributed by atoms with Crippen molar-refractivity contribution >= 4 is 33.2 Å². The van der Waals surface area contributed by atoms with Gasteiger partial charge in [-0.15, -0.1) is 0 Å². The average Bonchev–Trinajstić information content (AvgIpc) is 2.43. The van der Waals surface area contributed by atoms with Gasteiger partial charge in [0, 0.05) is 18.0 Å². The minimum absolute atomic E-state index is 0.0573. The van der Waals surface area contributed by atoms with E-state index in [1.54, 1.807) is 18.2 Å². The van der Waals surface area contributed by atoms with Crippen LogP contribution < -0.4 is 9.62 Å². The number of amides is 1. The number of hydrogen-bond donors (Lipinski definition) is 1. The van der Waals surface area contributed by atoms with E-state index in [1.807, 2.05) is 13.8 Å². The van der Waals surface area contributed by atoms with Gasteiger partial charge in [0.1, 0.15) is 0 Å². The van der Waals surface area contributed by atoms with Crippen molar-refractivity contribution in [3.8, 4) is 0 Å². The Morgan fingerprint density at radius 1 is 1.36 bits per heavy atom. The molecule has 22 heavy (non-hydrogen) atoms. The molecule has 0 unspecified atom stereocenters. The smallest absolute Gasteiger partial charge is 0.232 e. The molecule has 0 saturated carbocycles. The summed E-state index contributed by atoms with van der Waals surface area (Å²) in [7, 11) is -3.45. The molecule has 0 aliphatic carbocycles. The topological polar surface area (TPSA) is 66.5 Å². The van der Waals surface area contributed by atoms with Crippen LogP contribution in [0.15, 0.2) is 18.2 Å². The number of carbonyl (C=O) groups is 1. The largest absolute Gasteiger partial charge is 0.354 e. The quantitative estimate of drug-likeness (QED) is 0.787. The fourth-order valence-corrected chi connectivity index (χ4v) is 3.18. The van der Waals surface area contributed by atoms with Crippen LogP contribution in [0.1, 0.15) is 31.7 Å². The van der Waals surface area contributed by atoms with Crippen LogP contribution in [0.4, 0.5) is 5.69 Å². The highest BCUT2D eigenvalue weighted by Crippen LogP contribution is 2.25. The Morgan fingerprint density at radius 2 is 2.05 bits per heavy atom. The minimum Gasteiger partial charge on any atom is -0.354 e. The minimum atomic E-state index is -3.45. The zero-order valence-corrected chi connectivity index (χ0v) is 14.8. The summed E-state index contributed by atoms with van der Waals surface area (Å²) in [6.45, 7) is 4.28. The molecule has 5 nitrogen and oxygen atoms in total. The maximum absolute atomic E-state index is 12.0. The van der Waals surface area contributed by atoms with Crippen molar-refractivity contribution in [1.82, 2.24) is 5.32 Å². The van der Waals surface area contributed by atoms with Gasteiger partial charge in [-0.2, -0.15) is 0 Å². The lowest BCUT2D eigenvalue weighted by Gasteiger charge is -2.24. The Labute approximate surface area is 137 Å². The van der Waals surface area contributed by atoms with E-state index in [1.165, 1.54) is 4.31 Å². The highest BCUT2D eigenvalue weighted by atomic mass is 35.5. The van der Waals surface area contributed by atoms with E-state index >= 15 is 0 Å². The molecule has 0 saturated heterocycles. The normalized spacial score (nSPS) is 11.3. The number of rotatable bonds is 8. The number of nitrogens with one attached hydrogen (secondary N) is 1. The summed E-state index contributed by atoms with van der Waals surface area (Å²) < 4.78 is 25.3. The molecule has 1 N–H and O–H groups in total. The maximum Gasteiger partial charge on any atom is 0.232 e. The molecule has 0 fully saturated rings. The first kappa shape index (κ1) is 18.8. The van der Waals surface area contributed by atoms with Gasteiger partial charge >= 0.3 is 0 Å². The van der Waals surface area contributed by atoms with Crippen LogP contribution in [0.25, 0.3) is 0 Å². The monoisotopic (exact) mass is 346 g/mol. The second-order valence-corrected chi connectivity index (χ2v) is 7.56. The Balaban J connectivity index is 2.79. The molecule has 0 radical (unpaired) electrons. The van der Waals surface area contributed by atoms with Gasteiger partial charge in [0.15, 0.2) is 0 Å². The second-order valence-electron chi connectivity index (χ2n) is 5.22. The van der Waals surface area contributed by atoms with Crippen LogP contribution >= 0.6 is 11.6 Å². The van der Waals surface area contributed by atoms with E-state index in [-0.39, 0.29) is 19.0 Å². The lowest BCUT2D eigenvalue weighted by atomic mass is 10.2. The molecule has 1 aromatic rings. The number of carbonyl (C=O) groups excluding carboxylic acids is 1. The fourth-order valence-electron chi connectivity index (χ4n) is 2.04. The first-order valence-corrected chi connectivity index (χ1v) is 9.49. The first-order chi connectivity index (χ1) is 10.3. The third-order valence-corrected chi connectivity index (χ3v) is 4.65. The SMILES string of the molecule is CCCCC(=O)NCCN(c1cc(Cl)ccc1C)S(C)(=O)=O. The van der Waals surface area contributed by atoms with Crippen LogP contribution in [-0.4, -0.2) is 33.7 Å². The highest BCUT2D eigenvalue weighted by molar-refractivity contribution is 7.92. The molecular weight excluding hydrogens is 324 g/mol. The van der Waals surface area contributed by atoms with Crippen molar-refractivity contribution in [2.45, 2.75) is 33.1 Å². The zero-order valence-electron chi connectivity index (χ0n) is 13.2. The summed E-state index contributed by atoms with van der Waals surface area (Å²) in [4.78, 5) is 11.6. The van der Waals surface area contributed by atoms with Crippen LogP contribution in [-0.2, 0) is 14.8 Å². The number of sulfonamides is 1. The predicted octanol–water partition coefficient (Wildman–Crippen LogP) is 2.72. The molecule has 124 valence electrons. The fraction of sp³-hybridized carbons (Fsp3) is 0.533. The van der Waals surface area contributed by atoms with E-state index in [4.69, 9.17) is 11.6 Å². The lowest BCUT2D eigenvalue weighted by molar-refractivity contribution is -0.121. The van der Waals surface area contributed by atoms with E-state index in [9.17, 15) is 13.2 Å². The zero-order chi connectivity index (χ0) is 16.8. The maximum atomic E-state index is 12.0. The molecule has 1 aromatic carbocycles. The van der Waals surface area contributed by atoms with Gasteiger partial charge in [-0.1, -0.05) is 31.0 Å². The Hall–Kier alpha value is -1.27. The summed E-state index contributed by atoms with van der Waals surface area (Å²) in [5.41, 5.74) is 1.35. The summed E-state index contributed by atoms with van der Waals surface area (Å²) in [5, 5.41) is 3.22. The van der Waals surface area contributed by atoms with Crippen molar-refractivity contribution in [2.75, 3.05) is 23.7 Å². The number of nitrogens with zero attached hydrogens (tertiary/aromatic N) is 1. The summed E-state index contributed by atoms with van der Waals surface area (Å²) >= 11 is 5.96. The van der Waals surface area contributed by atoms with E-state index in [0.717, 1.165) is 24.7 Å². The first-order valence-electron chi connectivity index (χ1n) is 7.26. The third-order valence-electron chi connectivity index (χ3n) is 3.23. The van der Waals surface area contributed by atoms with Gasteiger partial charge in [-0.3, -0.25) is 9.10 Å². The molecule has 0 heterocycles. The van der Waals surface area contributed by atoms with Crippen molar-refractivity contribution in [3.05, 3.63) is 28.8 Å². The highest BCUT2D eigenvalue weighted by Gasteiger charge is 2.19. The molecule has 0 aliphatic heterocycles. The van der Waals surface area contributed by atoms with Crippen LogP contribution in [0, 0.1) is 6.92 Å². The van der Waals surface area contributed by atoms with Gasteiger partial charge in [-0.05, 0) is 31.0 Å². The number of anilines is 1. The Kier molecular flexibility index (Phi) is 7.16. The van der Waals surface area contributed by atoms with Gasteiger partial charge in [0.2, 0.25) is 15.9 Å². The van der Waals surface area contributed by atoms with E-state index in [0.29, 0.717) is 17.1 Å². The number of unbranched alkanes of at least 4 members (excludes halogenated alkanes) is 1. The molecule has 0 bridgehead atoms. The second kappa shape index (κ2) is 8.39. The van der Waals surface area contributed by atoms with Crippen LogP contribution in [0.3, 0.4) is 0 Å². The molecule has 0 atom stereocenters. The van der Waals surface area contributed by atoms with Crippen molar-refractivity contribution in [1.29, 1.82) is 0 Å². The third kappa shape index (κ3) is 5.85. The van der Waals surface area contributed by atoms with Gasteiger partial charge < -0.3 is 5.32 Å². The molecule has 0 aliphatic rings. The molecular formula is C15H23ClN2O3S.